The average Bonchev–Trinajstić information content (AvgIpc) is 2.15. The molecule has 0 N–H and O–H groups in total. The van der Waals surface area contributed by atoms with Crippen LogP contribution in [0.3, 0.4) is 0 Å². The van der Waals surface area contributed by atoms with Crippen molar-refractivity contribution in [1.82, 2.24) is 0 Å². The lowest BCUT2D eigenvalue weighted by atomic mass is 9.92. The van der Waals surface area contributed by atoms with Crippen LogP contribution in [0.25, 0.3) is 0 Å². The van der Waals surface area contributed by atoms with Crippen LogP contribution in [0.15, 0.2) is 29.2 Å². The van der Waals surface area contributed by atoms with Crippen LogP contribution in [0.2, 0.25) is 0 Å². The van der Waals surface area contributed by atoms with Crippen molar-refractivity contribution in [3.8, 4) is 0 Å². The standard InChI is InChI=1S/C12H17ClO2S/c1-9(2)8-10(3)11-4-6-12(7-5-11)16(13,14)15/h4-7,9-10H,8H2,1-3H3/t10-/m0/s1. The summed E-state index contributed by atoms with van der Waals surface area (Å²) >= 11 is 0. The lowest BCUT2D eigenvalue weighted by Gasteiger charge is -2.14. The Morgan fingerprint density at radius 1 is 1.12 bits per heavy atom. The summed E-state index contributed by atoms with van der Waals surface area (Å²) in [5.41, 5.74) is 1.15. The molecule has 0 aromatic heterocycles. The van der Waals surface area contributed by atoms with Crippen LogP contribution in [0.4, 0.5) is 0 Å². The Bertz CT molecular complexity index is 435. The molecule has 4 heteroatoms. The Morgan fingerprint density at radius 2 is 1.62 bits per heavy atom. The fourth-order valence-corrected chi connectivity index (χ4v) is 2.57. The van der Waals surface area contributed by atoms with Gasteiger partial charge in [0.2, 0.25) is 0 Å². The summed E-state index contributed by atoms with van der Waals surface area (Å²) < 4.78 is 22.1. The van der Waals surface area contributed by atoms with Gasteiger partial charge in [0.1, 0.15) is 0 Å². The van der Waals surface area contributed by atoms with Gasteiger partial charge in [-0.15, -0.1) is 0 Å². The third-order valence-electron chi connectivity index (χ3n) is 2.56. The van der Waals surface area contributed by atoms with E-state index >= 15 is 0 Å². The molecule has 0 fully saturated rings. The second-order valence-electron chi connectivity index (χ2n) is 4.54. The molecule has 0 saturated carbocycles. The minimum atomic E-state index is -3.60. The molecule has 1 aromatic carbocycles. The van der Waals surface area contributed by atoms with Gasteiger partial charge >= 0.3 is 0 Å². The normalized spacial score (nSPS) is 14.1. The van der Waals surface area contributed by atoms with Crippen LogP contribution in [-0.4, -0.2) is 8.42 Å². The molecule has 0 bridgehead atoms. The van der Waals surface area contributed by atoms with Gasteiger partial charge < -0.3 is 0 Å². The number of hydrogen-bond donors (Lipinski definition) is 0. The smallest absolute Gasteiger partial charge is 0.207 e. The van der Waals surface area contributed by atoms with Crippen LogP contribution in [0, 0.1) is 5.92 Å². The fourth-order valence-electron chi connectivity index (χ4n) is 1.80. The van der Waals surface area contributed by atoms with Crippen LogP contribution < -0.4 is 0 Å². The predicted molar refractivity (Wildman–Crippen MR) is 67.4 cm³/mol. The molecular weight excluding hydrogens is 244 g/mol. The maximum atomic E-state index is 11.1. The molecule has 0 heterocycles. The van der Waals surface area contributed by atoms with Crippen LogP contribution >= 0.6 is 10.7 Å². The van der Waals surface area contributed by atoms with Gasteiger partial charge in [0, 0.05) is 10.7 Å². The highest BCUT2D eigenvalue weighted by Gasteiger charge is 2.12. The molecule has 0 unspecified atom stereocenters. The highest BCUT2D eigenvalue weighted by molar-refractivity contribution is 8.13. The Labute approximate surface area is 102 Å². The van der Waals surface area contributed by atoms with Gasteiger partial charge in [0.05, 0.1) is 4.90 Å². The van der Waals surface area contributed by atoms with E-state index in [1.165, 1.54) is 0 Å². The monoisotopic (exact) mass is 260 g/mol. The maximum Gasteiger partial charge on any atom is 0.261 e. The Morgan fingerprint density at radius 3 is 2.00 bits per heavy atom. The first-order valence-electron chi connectivity index (χ1n) is 5.35. The van der Waals surface area contributed by atoms with Crippen molar-refractivity contribution in [1.29, 1.82) is 0 Å². The van der Waals surface area contributed by atoms with E-state index in [2.05, 4.69) is 20.8 Å². The SMILES string of the molecule is CC(C)C[C@H](C)c1ccc(S(=O)(=O)Cl)cc1. The van der Waals surface area contributed by atoms with Gasteiger partial charge in [0.25, 0.3) is 9.05 Å². The predicted octanol–water partition coefficient (Wildman–Crippen LogP) is 3.76. The molecule has 0 aliphatic rings. The van der Waals surface area contributed by atoms with Crippen molar-refractivity contribution in [3.63, 3.8) is 0 Å². The van der Waals surface area contributed by atoms with Crippen molar-refractivity contribution >= 4 is 19.7 Å². The van der Waals surface area contributed by atoms with Crippen LogP contribution in [0.5, 0.6) is 0 Å². The van der Waals surface area contributed by atoms with Gasteiger partial charge in [-0.3, -0.25) is 0 Å². The maximum absolute atomic E-state index is 11.1. The third kappa shape index (κ3) is 3.80. The van der Waals surface area contributed by atoms with Crippen molar-refractivity contribution < 1.29 is 8.42 Å². The van der Waals surface area contributed by atoms with E-state index in [1.807, 2.05) is 12.1 Å². The molecule has 16 heavy (non-hydrogen) atoms. The van der Waals surface area contributed by atoms with Gasteiger partial charge in [-0.1, -0.05) is 32.9 Å². The quantitative estimate of drug-likeness (QED) is 0.773. The second-order valence-corrected chi connectivity index (χ2v) is 7.10. The minimum Gasteiger partial charge on any atom is -0.207 e. The van der Waals surface area contributed by atoms with E-state index in [0.717, 1.165) is 12.0 Å². The third-order valence-corrected chi connectivity index (χ3v) is 3.93. The van der Waals surface area contributed by atoms with E-state index < -0.39 is 9.05 Å². The van der Waals surface area contributed by atoms with Crippen molar-refractivity contribution in [2.24, 2.45) is 5.92 Å². The van der Waals surface area contributed by atoms with Crippen molar-refractivity contribution in [2.45, 2.75) is 38.0 Å². The molecule has 1 aromatic rings. The van der Waals surface area contributed by atoms with Gasteiger partial charge in [-0.25, -0.2) is 8.42 Å². The zero-order valence-electron chi connectivity index (χ0n) is 9.77. The highest BCUT2D eigenvalue weighted by atomic mass is 35.7. The largest absolute Gasteiger partial charge is 0.261 e. The summed E-state index contributed by atoms with van der Waals surface area (Å²) in [4.78, 5) is 0.162. The van der Waals surface area contributed by atoms with E-state index in [0.29, 0.717) is 11.8 Å². The van der Waals surface area contributed by atoms with Gasteiger partial charge in [-0.05, 0) is 36.0 Å². The topological polar surface area (TPSA) is 34.1 Å². The van der Waals surface area contributed by atoms with Gasteiger partial charge in [-0.2, -0.15) is 0 Å². The molecule has 0 aliphatic carbocycles. The first-order valence-corrected chi connectivity index (χ1v) is 7.66. The first-order chi connectivity index (χ1) is 7.30. The number of rotatable bonds is 4. The molecule has 2 nitrogen and oxygen atoms in total. The average molecular weight is 261 g/mol. The summed E-state index contributed by atoms with van der Waals surface area (Å²) in [5, 5.41) is 0. The van der Waals surface area contributed by atoms with Gasteiger partial charge in [0.15, 0.2) is 0 Å². The number of benzene rings is 1. The number of halogens is 1. The van der Waals surface area contributed by atoms with Crippen molar-refractivity contribution in [3.05, 3.63) is 29.8 Å². The van der Waals surface area contributed by atoms with Crippen molar-refractivity contribution in [2.75, 3.05) is 0 Å². The molecule has 0 amide bonds. The molecule has 90 valence electrons. The molecular formula is C12H17ClO2S. The second kappa shape index (κ2) is 5.19. The van der Waals surface area contributed by atoms with E-state index in [4.69, 9.17) is 10.7 Å². The zero-order valence-corrected chi connectivity index (χ0v) is 11.3. The molecule has 0 saturated heterocycles. The molecule has 1 rings (SSSR count). The zero-order chi connectivity index (χ0) is 12.3. The summed E-state index contributed by atoms with van der Waals surface area (Å²) in [6.45, 7) is 6.49. The highest BCUT2D eigenvalue weighted by Crippen LogP contribution is 2.25. The summed E-state index contributed by atoms with van der Waals surface area (Å²) in [6.07, 6.45) is 1.09. The Hall–Kier alpha value is -0.540. The molecule has 0 radical (unpaired) electrons. The van der Waals surface area contributed by atoms with Crippen LogP contribution in [0.1, 0.15) is 38.7 Å². The summed E-state index contributed by atoms with van der Waals surface area (Å²) in [6, 6.07) is 6.80. The Kier molecular flexibility index (Phi) is 4.39. The molecule has 0 aliphatic heterocycles. The fraction of sp³-hybridized carbons (Fsp3) is 0.500. The minimum absolute atomic E-state index is 0.162. The summed E-state index contributed by atoms with van der Waals surface area (Å²) in [5.74, 6) is 1.07. The lowest BCUT2D eigenvalue weighted by Crippen LogP contribution is -1.99. The molecule has 1 atom stereocenters. The first kappa shape index (κ1) is 13.5. The molecule has 0 spiro atoms. The number of hydrogen-bond acceptors (Lipinski definition) is 2. The van der Waals surface area contributed by atoms with E-state index in [-0.39, 0.29) is 4.90 Å². The lowest BCUT2D eigenvalue weighted by molar-refractivity contribution is 0.523. The van der Waals surface area contributed by atoms with E-state index in [1.54, 1.807) is 12.1 Å². The summed E-state index contributed by atoms with van der Waals surface area (Å²) in [7, 11) is 1.65. The van der Waals surface area contributed by atoms with Crippen LogP contribution in [-0.2, 0) is 9.05 Å². The van der Waals surface area contributed by atoms with E-state index in [9.17, 15) is 8.42 Å². The Balaban J connectivity index is 2.87.